The Balaban J connectivity index is 1.18. The van der Waals surface area contributed by atoms with Crippen molar-refractivity contribution in [1.82, 2.24) is 4.57 Å². The summed E-state index contributed by atoms with van der Waals surface area (Å²) in [7, 11) is 0. The Labute approximate surface area is 287 Å². The lowest BCUT2D eigenvalue weighted by molar-refractivity contribution is 0.0979. The average Bonchev–Trinajstić information content (AvgIpc) is 3.43. The quantitative estimate of drug-likeness (QED) is 0.193. The lowest BCUT2D eigenvalue weighted by Crippen LogP contribution is -2.21. The highest BCUT2D eigenvalue weighted by Crippen LogP contribution is 2.39. The zero-order chi connectivity index (χ0) is 34.2. The van der Waals surface area contributed by atoms with Crippen molar-refractivity contribution in [2.75, 3.05) is 0 Å². The average molecular weight is 638 g/mol. The molecule has 8 rings (SSSR count). The standard InChI is InChI=1S/C46H39NO2/c1-45(2,3)32-16-22-41-37(26-32)38-27-33(46(4,5)6)17-23-42(38)47(41)34-18-12-29(13-19-34)31-15-21-36-40(25-31)44(49)35-20-14-30(24-39(35)43(36)48)28-10-8-7-9-11-28/h7-27H,1-6H3. The molecule has 1 aromatic heterocycles. The molecule has 0 radical (unpaired) electrons. The molecule has 240 valence electrons. The van der Waals surface area contributed by atoms with Gasteiger partial charge in [-0.05, 0) is 105 Å². The Morgan fingerprint density at radius 1 is 0.408 bits per heavy atom. The van der Waals surface area contributed by atoms with E-state index in [1.807, 2.05) is 60.7 Å². The van der Waals surface area contributed by atoms with Crippen molar-refractivity contribution in [3.05, 3.63) is 161 Å². The van der Waals surface area contributed by atoms with Crippen LogP contribution in [0.15, 0.2) is 127 Å². The fraction of sp³-hybridized carbons (Fsp3) is 0.174. The molecule has 3 nitrogen and oxygen atoms in total. The van der Waals surface area contributed by atoms with Crippen molar-refractivity contribution < 1.29 is 9.59 Å². The Morgan fingerprint density at radius 3 is 1.29 bits per heavy atom. The van der Waals surface area contributed by atoms with Gasteiger partial charge >= 0.3 is 0 Å². The van der Waals surface area contributed by atoms with E-state index in [-0.39, 0.29) is 22.4 Å². The van der Waals surface area contributed by atoms with Crippen LogP contribution >= 0.6 is 0 Å². The molecular formula is C46H39NO2. The first-order valence-corrected chi connectivity index (χ1v) is 17.0. The van der Waals surface area contributed by atoms with E-state index in [1.54, 1.807) is 6.07 Å². The number of aromatic nitrogens is 1. The third-order valence-electron chi connectivity index (χ3n) is 10.1. The lowest BCUT2D eigenvalue weighted by atomic mass is 9.81. The molecule has 0 spiro atoms. The van der Waals surface area contributed by atoms with Crippen molar-refractivity contribution in [2.24, 2.45) is 0 Å². The molecule has 0 amide bonds. The molecule has 0 N–H and O–H groups in total. The van der Waals surface area contributed by atoms with Crippen molar-refractivity contribution in [3.8, 4) is 27.9 Å². The second kappa shape index (κ2) is 11.0. The largest absolute Gasteiger partial charge is 0.309 e. The van der Waals surface area contributed by atoms with E-state index in [2.05, 4.69) is 107 Å². The molecule has 0 saturated carbocycles. The van der Waals surface area contributed by atoms with Crippen LogP contribution in [0.25, 0.3) is 49.7 Å². The lowest BCUT2D eigenvalue weighted by Gasteiger charge is -2.19. The number of rotatable bonds is 3. The van der Waals surface area contributed by atoms with Crippen LogP contribution in [0.1, 0.15) is 84.5 Å². The summed E-state index contributed by atoms with van der Waals surface area (Å²) < 4.78 is 2.35. The molecule has 3 heteroatoms. The normalized spacial score (nSPS) is 13.2. The monoisotopic (exact) mass is 637 g/mol. The van der Waals surface area contributed by atoms with Crippen LogP contribution in [0.3, 0.4) is 0 Å². The number of nitrogens with zero attached hydrogens (tertiary/aromatic N) is 1. The summed E-state index contributed by atoms with van der Waals surface area (Å²) in [5, 5.41) is 2.51. The molecule has 1 heterocycles. The summed E-state index contributed by atoms with van der Waals surface area (Å²) in [6, 6.07) is 43.4. The maximum Gasteiger partial charge on any atom is 0.194 e. The maximum absolute atomic E-state index is 13.8. The van der Waals surface area contributed by atoms with Gasteiger partial charge in [0.2, 0.25) is 0 Å². The van der Waals surface area contributed by atoms with Gasteiger partial charge in [0.25, 0.3) is 0 Å². The minimum atomic E-state index is -0.114. The molecule has 1 aliphatic rings. The third-order valence-corrected chi connectivity index (χ3v) is 10.1. The second-order valence-electron chi connectivity index (χ2n) is 15.4. The third kappa shape index (κ3) is 5.12. The van der Waals surface area contributed by atoms with E-state index in [0.29, 0.717) is 22.3 Å². The summed E-state index contributed by atoms with van der Waals surface area (Å²) in [4.78, 5) is 27.4. The van der Waals surface area contributed by atoms with Crippen molar-refractivity contribution in [3.63, 3.8) is 0 Å². The van der Waals surface area contributed by atoms with Crippen LogP contribution in [0, 0.1) is 0 Å². The van der Waals surface area contributed by atoms with Crippen LogP contribution < -0.4 is 0 Å². The zero-order valence-corrected chi connectivity index (χ0v) is 28.9. The summed E-state index contributed by atoms with van der Waals surface area (Å²) in [5.74, 6) is -0.225. The topological polar surface area (TPSA) is 39.1 Å². The van der Waals surface area contributed by atoms with Crippen LogP contribution in [-0.4, -0.2) is 16.1 Å². The number of carbonyl (C=O) groups excluding carboxylic acids is 2. The Hall–Kier alpha value is -5.54. The van der Waals surface area contributed by atoms with E-state index in [1.165, 1.54) is 32.9 Å². The van der Waals surface area contributed by atoms with Gasteiger partial charge in [0.1, 0.15) is 0 Å². The highest BCUT2D eigenvalue weighted by atomic mass is 16.1. The fourth-order valence-corrected chi connectivity index (χ4v) is 7.18. The number of hydrogen-bond acceptors (Lipinski definition) is 2. The molecule has 0 unspecified atom stereocenters. The van der Waals surface area contributed by atoms with Gasteiger partial charge in [-0.3, -0.25) is 9.59 Å². The predicted octanol–water partition coefficient (Wildman–Crippen LogP) is 11.5. The smallest absolute Gasteiger partial charge is 0.194 e. The summed E-state index contributed by atoms with van der Waals surface area (Å²) in [6.45, 7) is 13.6. The summed E-state index contributed by atoms with van der Waals surface area (Å²) in [6.07, 6.45) is 0. The SMILES string of the molecule is CC(C)(C)c1ccc2c(c1)c1cc(C(C)(C)C)ccc1n2-c1ccc(-c2ccc3c(c2)C(=O)c2ccc(-c4ccccc4)cc2C3=O)cc1. The van der Waals surface area contributed by atoms with E-state index in [9.17, 15) is 9.59 Å². The van der Waals surface area contributed by atoms with E-state index in [0.717, 1.165) is 27.9 Å². The van der Waals surface area contributed by atoms with Crippen molar-refractivity contribution in [1.29, 1.82) is 0 Å². The molecular weight excluding hydrogens is 599 g/mol. The van der Waals surface area contributed by atoms with Gasteiger partial charge in [0.15, 0.2) is 11.6 Å². The molecule has 1 aliphatic carbocycles. The van der Waals surface area contributed by atoms with Crippen LogP contribution in [0.4, 0.5) is 0 Å². The van der Waals surface area contributed by atoms with Gasteiger partial charge in [-0.25, -0.2) is 0 Å². The highest BCUT2D eigenvalue weighted by Gasteiger charge is 2.30. The van der Waals surface area contributed by atoms with E-state index >= 15 is 0 Å². The molecule has 0 fully saturated rings. The van der Waals surface area contributed by atoms with Gasteiger partial charge in [0.05, 0.1) is 11.0 Å². The molecule has 7 aromatic rings. The summed E-state index contributed by atoms with van der Waals surface area (Å²) >= 11 is 0. The summed E-state index contributed by atoms with van der Waals surface area (Å²) in [5.41, 5.74) is 11.8. The first kappa shape index (κ1) is 30.8. The molecule has 0 saturated heterocycles. The number of ketones is 2. The number of carbonyl (C=O) groups is 2. The number of hydrogen-bond donors (Lipinski definition) is 0. The van der Waals surface area contributed by atoms with Gasteiger partial charge in [0, 0.05) is 38.7 Å². The van der Waals surface area contributed by atoms with Crippen molar-refractivity contribution >= 4 is 33.4 Å². The molecule has 49 heavy (non-hydrogen) atoms. The van der Waals surface area contributed by atoms with Crippen LogP contribution in [-0.2, 0) is 10.8 Å². The van der Waals surface area contributed by atoms with Gasteiger partial charge in [-0.2, -0.15) is 0 Å². The van der Waals surface area contributed by atoms with E-state index in [4.69, 9.17) is 0 Å². The predicted molar refractivity (Wildman–Crippen MR) is 202 cm³/mol. The maximum atomic E-state index is 13.8. The Morgan fingerprint density at radius 2 is 0.837 bits per heavy atom. The molecule has 0 atom stereocenters. The van der Waals surface area contributed by atoms with Crippen molar-refractivity contribution in [2.45, 2.75) is 52.4 Å². The van der Waals surface area contributed by atoms with Gasteiger partial charge < -0.3 is 4.57 Å². The first-order chi connectivity index (χ1) is 23.4. The van der Waals surface area contributed by atoms with Crippen LogP contribution in [0.5, 0.6) is 0 Å². The minimum Gasteiger partial charge on any atom is -0.309 e. The minimum absolute atomic E-state index is 0.0416. The van der Waals surface area contributed by atoms with Gasteiger partial charge in [-0.1, -0.05) is 108 Å². The molecule has 0 aliphatic heterocycles. The number of fused-ring (bicyclic) bond motifs is 5. The number of benzene rings is 6. The van der Waals surface area contributed by atoms with Gasteiger partial charge in [-0.15, -0.1) is 0 Å². The highest BCUT2D eigenvalue weighted by molar-refractivity contribution is 6.29. The Bertz CT molecular complexity index is 2390. The molecule has 0 bridgehead atoms. The van der Waals surface area contributed by atoms with Crippen LogP contribution in [0.2, 0.25) is 0 Å². The molecule has 6 aromatic carbocycles. The first-order valence-electron chi connectivity index (χ1n) is 17.0. The fourth-order valence-electron chi connectivity index (χ4n) is 7.18. The second-order valence-corrected chi connectivity index (χ2v) is 15.4. The zero-order valence-electron chi connectivity index (χ0n) is 28.9. The van der Waals surface area contributed by atoms with E-state index < -0.39 is 0 Å². The Kier molecular flexibility index (Phi) is 6.91.